The van der Waals surface area contributed by atoms with Crippen LogP contribution in [0.1, 0.15) is 44.5 Å². The highest BCUT2D eigenvalue weighted by atomic mass is 32.2. The van der Waals surface area contributed by atoms with Gasteiger partial charge in [-0.2, -0.15) is 0 Å². The molecule has 1 atom stereocenters. The van der Waals surface area contributed by atoms with E-state index in [-0.39, 0.29) is 10.6 Å². The molecule has 150 valence electrons. The highest BCUT2D eigenvalue weighted by molar-refractivity contribution is 8.00. The van der Waals surface area contributed by atoms with Crippen molar-refractivity contribution in [1.82, 2.24) is 0 Å². The van der Waals surface area contributed by atoms with E-state index < -0.39 is 34.4 Å². The third-order valence-corrected chi connectivity index (χ3v) is 4.99. The smallest absolute Gasteiger partial charge is 0.319 e. The molecule has 0 aliphatic carbocycles. The number of rotatable bonds is 6. The van der Waals surface area contributed by atoms with Crippen LogP contribution < -0.4 is 5.32 Å². The van der Waals surface area contributed by atoms with E-state index in [1.165, 1.54) is 6.07 Å². The van der Waals surface area contributed by atoms with Gasteiger partial charge in [-0.05, 0) is 45.4 Å². The molecular formula is C21H23F2NO3S. The number of hydrogen-bond donors (Lipinski definition) is 1. The number of ether oxygens (including phenoxy) is 1. The third kappa shape index (κ3) is 6.05. The Labute approximate surface area is 167 Å². The summed E-state index contributed by atoms with van der Waals surface area (Å²) in [6.07, 6.45) is 0.405. The van der Waals surface area contributed by atoms with Crippen molar-refractivity contribution in [3.8, 4) is 0 Å². The van der Waals surface area contributed by atoms with Gasteiger partial charge in [0.05, 0.1) is 5.69 Å². The molecular weight excluding hydrogens is 384 g/mol. The monoisotopic (exact) mass is 407 g/mol. The molecule has 7 heteroatoms. The summed E-state index contributed by atoms with van der Waals surface area (Å²) in [4.78, 5) is 24.6. The van der Waals surface area contributed by atoms with E-state index in [4.69, 9.17) is 4.74 Å². The Morgan fingerprint density at radius 2 is 1.75 bits per heavy atom. The maximum Gasteiger partial charge on any atom is 0.319 e. The van der Waals surface area contributed by atoms with E-state index in [9.17, 15) is 18.4 Å². The minimum Gasteiger partial charge on any atom is -0.459 e. The molecule has 4 nitrogen and oxygen atoms in total. The number of carbonyl (C=O) groups is 2. The number of halogens is 2. The van der Waals surface area contributed by atoms with Crippen molar-refractivity contribution in [3.05, 3.63) is 59.7 Å². The van der Waals surface area contributed by atoms with Gasteiger partial charge in [0.2, 0.25) is 0 Å². The molecule has 2 aromatic rings. The molecule has 0 saturated heterocycles. The summed E-state index contributed by atoms with van der Waals surface area (Å²) >= 11 is 0.942. The summed E-state index contributed by atoms with van der Waals surface area (Å²) in [5.74, 6) is -2.68. The number of benzene rings is 2. The second-order valence-corrected chi connectivity index (χ2v) is 8.38. The van der Waals surface area contributed by atoms with Crippen LogP contribution in [0.5, 0.6) is 0 Å². The molecule has 0 fully saturated rings. The number of esters is 1. The SMILES string of the molecule is CCC(Sc1cc(NC(=O)c2ccccc2)c(F)cc1F)C(=O)OC(C)(C)C. The zero-order valence-corrected chi connectivity index (χ0v) is 17.0. The van der Waals surface area contributed by atoms with Crippen molar-refractivity contribution in [3.63, 3.8) is 0 Å². The maximum atomic E-state index is 14.3. The second kappa shape index (κ2) is 9.19. The number of hydrogen-bond acceptors (Lipinski definition) is 4. The van der Waals surface area contributed by atoms with Gasteiger partial charge in [-0.1, -0.05) is 25.1 Å². The highest BCUT2D eigenvalue weighted by Crippen LogP contribution is 2.33. The zero-order chi connectivity index (χ0) is 20.9. The van der Waals surface area contributed by atoms with E-state index in [0.717, 1.165) is 11.8 Å². The Balaban J connectivity index is 2.22. The molecule has 28 heavy (non-hydrogen) atoms. The minimum absolute atomic E-state index is 0.0578. The molecule has 1 unspecified atom stereocenters. The number of thioether (sulfide) groups is 1. The van der Waals surface area contributed by atoms with Crippen LogP contribution >= 0.6 is 11.8 Å². The van der Waals surface area contributed by atoms with Crippen LogP contribution in [0, 0.1) is 11.6 Å². The van der Waals surface area contributed by atoms with Crippen molar-refractivity contribution in [2.75, 3.05) is 5.32 Å². The fourth-order valence-corrected chi connectivity index (χ4v) is 3.29. The Bertz CT molecular complexity index is 851. The van der Waals surface area contributed by atoms with E-state index in [2.05, 4.69) is 5.32 Å². The summed E-state index contributed by atoms with van der Waals surface area (Å²) < 4.78 is 33.8. The van der Waals surface area contributed by atoms with Gasteiger partial charge >= 0.3 is 5.97 Å². The summed E-state index contributed by atoms with van der Waals surface area (Å²) in [5, 5.41) is 1.79. The fraction of sp³-hybridized carbons (Fsp3) is 0.333. The van der Waals surface area contributed by atoms with Crippen molar-refractivity contribution in [1.29, 1.82) is 0 Å². The molecule has 0 saturated carbocycles. The molecule has 0 heterocycles. The van der Waals surface area contributed by atoms with Gasteiger partial charge in [0.15, 0.2) is 0 Å². The van der Waals surface area contributed by atoms with E-state index in [1.54, 1.807) is 58.0 Å². The van der Waals surface area contributed by atoms with Crippen molar-refractivity contribution >= 4 is 29.3 Å². The quantitative estimate of drug-likeness (QED) is 0.512. The first kappa shape index (κ1) is 21.9. The number of anilines is 1. The van der Waals surface area contributed by atoms with Gasteiger partial charge in [-0.3, -0.25) is 9.59 Å². The van der Waals surface area contributed by atoms with Crippen LogP contribution in [0.4, 0.5) is 14.5 Å². The first-order valence-electron chi connectivity index (χ1n) is 8.85. The van der Waals surface area contributed by atoms with Crippen LogP contribution in [0.2, 0.25) is 0 Å². The predicted octanol–water partition coefficient (Wildman–Crippen LogP) is 5.43. The molecule has 0 bridgehead atoms. The largest absolute Gasteiger partial charge is 0.459 e. The van der Waals surface area contributed by atoms with Crippen molar-refractivity contribution in [2.45, 2.75) is 49.9 Å². The standard InChI is InChI=1S/C21H23F2NO3S/c1-5-17(20(26)27-21(2,3)4)28-18-12-16(14(22)11-15(18)23)24-19(25)13-9-7-6-8-10-13/h6-12,17H,5H2,1-4H3,(H,24,25). The molecule has 2 aromatic carbocycles. The Morgan fingerprint density at radius 3 is 2.32 bits per heavy atom. The molecule has 0 aromatic heterocycles. The normalized spacial score (nSPS) is 12.4. The van der Waals surface area contributed by atoms with Gasteiger partial charge in [-0.25, -0.2) is 8.78 Å². The first-order chi connectivity index (χ1) is 13.1. The number of carbonyl (C=O) groups excluding carboxylic acids is 2. The molecule has 1 N–H and O–H groups in total. The number of amides is 1. The Kier molecular flexibility index (Phi) is 7.18. The molecule has 0 aliphatic heterocycles. The minimum atomic E-state index is -0.892. The van der Waals surface area contributed by atoms with Crippen LogP contribution in [0.15, 0.2) is 47.4 Å². The first-order valence-corrected chi connectivity index (χ1v) is 9.73. The molecule has 2 rings (SSSR count). The second-order valence-electron chi connectivity index (χ2n) is 7.13. The summed E-state index contributed by atoms with van der Waals surface area (Å²) in [6.45, 7) is 7.02. The molecule has 0 aliphatic rings. The van der Waals surface area contributed by atoms with Gasteiger partial charge in [0.25, 0.3) is 5.91 Å². The fourth-order valence-electron chi connectivity index (χ4n) is 2.32. The van der Waals surface area contributed by atoms with E-state index in [0.29, 0.717) is 18.1 Å². The molecule has 0 spiro atoms. The average molecular weight is 407 g/mol. The van der Waals surface area contributed by atoms with Crippen molar-refractivity contribution < 1.29 is 23.1 Å². The molecule has 0 radical (unpaired) electrons. The van der Waals surface area contributed by atoms with Gasteiger partial charge < -0.3 is 10.1 Å². The summed E-state index contributed by atoms with van der Waals surface area (Å²) in [7, 11) is 0. The lowest BCUT2D eigenvalue weighted by molar-refractivity contribution is -0.154. The summed E-state index contributed by atoms with van der Waals surface area (Å²) in [6, 6.07) is 10.2. The highest BCUT2D eigenvalue weighted by Gasteiger charge is 2.26. The van der Waals surface area contributed by atoms with Crippen LogP contribution in [-0.4, -0.2) is 22.7 Å². The summed E-state index contributed by atoms with van der Waals surface area (Å²) in [5.41, 5.74) is -0.473. The van der Waals surface area contributed by atoms with Crippen molar-refractivity contribution in [2.24, 2.45) is 0 Å². The third-order valence-electron chi connectivity index (χ3n) is 3.62. The topological polar surface area (TPSA) is 55.4 Å². The average Bonchev–Trinajstić information content (AvgIpc) is 2.62. The van der Waals surface area contributed by atoms with Gasteiger partial charge in [0, 0.05) is 16.5 Å². The van der Waals surface area contributed by atoms with E-state index in [1.807, 2.05) is 0 Å². The lowest BCUT2D eigenvalue weighted by Crippen LogP contribution is -2.30. The van der Waals surface area contributed by atoms with E-state index >= 15 is 0 Å². The van der Waals surface area contributed by atoms with Crippen LogP contribution in [-0.2, 0) is 9.53 Å². The molecule has 1 amide bonds. The van der Waals surface area contributed by atoms with Gasteiger partial charge in [0.1, 0.15) is 22.5 Å². The number of nitrogens with one attached hydrogen (secondary N) is 1. The maximum absolute atomic E-state index is 14.3. The van der Waals surface area contributed by atoms with Gasteiger partial charge in [-0.15, -0.1) is 11.8 Å². The Morgan fingerprint density at radius 1 is 1.11 bits per heavy atom. The Hall–Kier alpha value is -2.41. The van der Waals surface area contributed by atoms with Crippen LogP contribution in [0.25, 0.3) is 0 Å². The predicted molar refractivity (Wildman–Crippen MR) is 107 cm³/mol. The van der Waals surface area contributed by atoms with Crippen LogP contribution in [0.3, 0.4) is 0 Å². The zero-order valence-electron chi connectivity index (χ0n) is 16.2. The lowest BCUT2D eigenvalue weighted by Gasteiger charge is -2.23. The lowest BCUT2D eigenvalue weighted by atomic mass is 10.2.